The molecule has 1 aliphatic rings. The Morgan fingerprint density at radius 1 is 0.958 bits per heavy atom. The van der Waals surface area contributed by atoms with Crippen LogP contribution >= 0.6 is 0 Å². The summed E-state index contributed by atoms with van der Waals surface area (Å²) in [7, 11) is 0. The molecule has 7 heteroatoms. The Morgan fingerprint density at radius 3 is 2.29 bits per heavy atom. The molecule has 0 aliphatic carbocycles. The Bertz CT molecular complexity index is 708. The van der Waals surface area contributed by atoms with Gasteiger partial charge in [-0.05, 0) is 0 Å². The molecule has 6 nitrogen and oxygen atoms in total. The van der Waals surface area contributed by atoms with Crippen molar-refractivity contribution in [2.24, 2.45) is 10.2 Å². The monoisotopic (exact) mass is 387 g/mol. The van der Waals surface area contributed by atoms with Crippen LogP contribution in [0.2, 0.25) is 0 Å². The van der Waals surface area contributed by atoms with Gasteiger partial charge in [-0.3, -0.25) is 0 Å². The minimum absolute atomic E-state index is 0.801. The third-order valence-corrected chi connectivity index (χ3v) is 4.56. The molecular weight excluding hydrogens is 367 g/mol. The summed E-state index contributed by atoms with van der Waals surface area (Å²) in [5.74, 6) is 1.03. The molecule has 1 radical (unpaired) electrons. The molecule has 3 rings (SSSR count). The molecule has 0 aromatic carbocycles. The van der Waals surface area contributed by atoms with Crippen LogP contribution in [0.25, 0.3) is 0 Å². The van der Waals surface area contributed by atoms with Crippen molar-refractivity contribution in [2.45, 2.75) is 6.92 Å². The van der Waals surface area contributed by atoms with Gasteiger partial charge in [0.2, 0.25) is 0 Å². The second-order valence-corrected chi connectivity index (χ2v) is 6.21. The first kappa shape index (κ1) is 16.6. The van der Waals surface area contributed by atoms with E-state index in [4.69, 9.17) is 0 Å². The van der Waals surface area contributed by atoms with Crippen LogP contribution in [-0.2, 0) is 0 Å². The van der Waals surface area contributed by atoms with Gasteiger partial charge in [0.25, 0.3) is 0 Å². The van der Waals surface area contributed by atoms with Crippen molar-refractivity contribution in [3.8, 4) is 0 Å². The molecule has 1 saturated heterocycles. The third-order valence-electron chi connectivity index (χ3n) is 3.84. The fourth-order valence-electron chi connectivity index (χ4n) is 2.48. The number of amidine groups is 1. The van der Waals surface area contributed by atoms with E-state index in [0.29, 0.717) is 0 Å². The fraction of sp³-hybridized carbons (Fsp3) is 0.294. The molecule has 0 bridgehead atoms. The molecule has 0 N–H and O–H groups in total. The van der Waals surface area contributed by atoms with Crippen molar-refractivity contribution >= 4 is 32.3 Å². The van der Waals surface area contributed by atoms with E-state index in [2.05, 4.69) is 46.0 Å². The molecule has 2 aromatic rings. The molecular formula is C17H19N6Se. The molecule has 0 amide bonds. The van der Waals surface area contributed by atoms with Gasteiger partial charge in [-0.15, -0.1) is 0 Å². The van der Waals surface area contributed by atoms with Crippen molar-refractivity contribution < 1.29 is 0 Å². The Kier molecular flexibility index (Phi) is 5.56. The Morgan fingerprint density at radius 2 is 1.67 bits per heavy atom. The van der Waals surface area contributed by atoms with Gasteiger partial charge in [0.15, 0.2) is 0 Å². The van der Waals surface area contributed by atoms with Gasteiger partial charge in [0.05, 0.1) is 0 Å². The summed E-state index contributed by atoms with van der Waals surface area (Å²) in [5, 5.41) is 8.61. The first-order valence-corrected chi connectivity index (χ1v) is 8.71. The zero-order valence-electron chi connectivity index (χ0n) is 13.5. The standard InChI is InChI=1S/C17H19N6Se/c1-14(15-6-2-4-8-18-15)20-21-17(24)23-12-10-22(11-13-23)16-7-3-5-9-19-16/h2-9H,10-13H2,1H3/b20-14+,21-17?. The van der Waals surface area contributed by atoms with Crippen LogP contribution in [0.15, 0.2) is 59.0 Å². The van der Waals surface area contributed by atoms with Gasteiger partial charge in [0.1, 0.15) is 0 Å². The normalized spacial score (nSPS) is 16.4. The number of hydrogen-bond acceptors (Lipinski definition) is 5. The van der Waals surface area contributed by atoms with E-state index >= 15 is 0 Å². The van der Waals surface area contributed by atoms with Crippen molar-refractivity contribution in [1.82, 2.24) is 14.9 Å². The summed E-state index contributed by atoms with van der Waals surface area (Å²) in [6.07, 6.45) is 3.59. The van der Waals surface area contributed by atoms with Gasteiger partial charge in [-0.2, -0.15) is 0 Å². The van der Waals surface area contributed by atoms with Crippen LogP contribution in [0.3, 0.4) is 0 Å². The maximum absolute atomic E-state index is 4.41. The number of pyridine rings is 2. The Labute approximate surface area is 150 Å². The van der Waals surface area contributed by atoms with Crippen LogP contribution in [0, 0.1) is 0 Å². The summed E-state index contributed by atoms with van der Waals surface area (Å²) < 4.78 is 0.811. The van der Waals surface area contributed by atoms with Gasteiger partial charge < -0.3 is 0 Å². The van der Waals surface area contributed by atoms with Gasteiger partial charge in [-0.1, -0.05) is 0 Å². The summed E-state index contributed by atoms with van der Waals surface area (Å²) in [6, 6.07) is 11.8. The molecule has 3 heterocycles. The molecule has 123 valence electrons. The molecule has 0 spiro atoms. The van der Waals surface area contributed by atoms with E-state index in [1.165, 1.54) is 0 Å². The first-order valence-electron chi connectivity index (χ1n) is 7.85. The molecule has 0 unspecified atom stereocenters. The van der Waals surface area contributed by atoms with Crippen LogP contribution in [0.1, 0.15) is 12.6 Å². The second-order valence-electron chi connectivity index (χ2n) is 5.44. The number of nitrogens with zero attached hydrogens (tertiary/aromatic N) is 6. The van der Waals surface area contributed by atoms with Crippen LogP contribution in [0.4, 0.5) is 5.82 Å². The van der Waals surface area contributed by atoms with Gasteiger partial charge in [-0.25, -0.2) is 0 Å². The van der Waals surface area contributed by atoms with Crippen LogP contribution in [-0.4, -0.2) is 67.5 Å². The van der Waals surface area contributed by atoms with E-state index < -0.39 is 0 Å². The Hall–Kier alpha value is -2.24. The topological polar surface area (TPSA) is 57.0 Å². The Balaban J connectivity index is 1.60. The van der Waals surface area contributed by atoms with Crippen molar-refractivity contribution in [3.05, 3.63) is 54.5 Å². The first-order chi connectivity index (χ1) is 11.7. The summed E-state index contributed by atoms with van der Waals surface area (Å²) in [4.78, 5) is 13.2. The average molecular weight is 386 g/mol. The second kappa shape index (κ2) is 8.04. The third kappa shape index (κ3) is 4.19. The molecule has 2 aromatic heterocycles. The minimum atomic E-state index is 0.801. The fourth-order valence-corrected chi connectivity index (χ4v) is 2.95. The number of rotatable bonds is 3. The average Bonchev–Trinajstić information content (AvgIpc) is 2.67. The van der Waals surface area contributed by atoms with Gasteiger partial charge in [0, 0.05) is 0 Å². The molecule has 1 aliphatic heterocycles. The van der Waals surface area contributed by atoms with Crippen molar-refractivity contribution in [2.75, 3.05) is 31.1 Å². The van der Waals surface area contributed by atoms with Crippen LogP contribution < -0.4 is 4.90 Å². The van der Waals surface area contributed by atoms with E-state index in [-0.39, 0.29) is 0 Å². The number of aromatic nitrogens is 2. The zero-order chi connectivity index (χ0) is 16.8. The number of piperazine rings is 1. The van der Waals surface area contributed by atoms with E-state index in [1.54, 1.807) is 6.20 Å². The van der Waals surface area contributed by atoms with E-state index in [9.17, 15) is 0 Å². The zero-order valence-corrected chi connectivity index (χ0v) is 15.3. The molecule has 0 atom stereocenters. The quantitative estimate of drug-likeness (QED) is 0.348. The molecule has 1 fully saturated rings. The van der Waals surface area contributed by atoms with Crippen LogP contribution in [0.5, 0.6) is 0 Å². The van der Waals surface area contributed by atoms with E-state index in [0.717, 1.165) is 48.1 Å². The van der Waals surface area contributed by atoms with Crippen molar-refractivity contribution in [3.63, 3.8) is 0 Å². The SMILES string of the molecule is C/C(=N\N=C([Se])N1CCN(c2ccccn2)CC1)c1ccccn1. The predicted molar refractivity (Wildman–Crippen MR) is 97.7 cm³/mol. The maximum atomic E-state index is 4.41. The number of anilines is 1. The number of hydrogen-bond donors (Lipinski definition) is 0. The summed E-state index contributed by atoms with van der Waals surface area (Å²) >= 11 is 3.02. The molecule has 24 heavy (non-hydrogen) atoms. The van der Waals surface area contributed by atoms with Crippen molar-refractivity contribution in [1.29, 1.82) is 0 Å². The predicted octanol–water partition coefficient (Wildman–Crippen LogP) is 1.55. The van der Waals surface area contributed by atoms with E-state index in [1.807, 2.05) is 49.5 Å². The summed E-state index contributed by atoms with van der Waals surface area (Å²) in [6.45, 7) is 5.53. The summed E-state index contributed by atoms with van der Waals surface area (Å²) in [5.41, 5.74) is 1.64. The molecule has 0 saturated carbocycles. The van der Waals surface area contributed by atoms with Gasteiger partial charge >= 0.3 is 150 Å².